The number of carbonyl (C=O) groups excluding carboxylic acids is 1. The maximum Gasteiger partial charge on any atom is 0.223 e. The highest BCUT2D eigenvalue weighted by Gasteiger charge is 2.26. The molecule has 0 saturated carbocycles. The van der Waals surface area contributed by atoms with Gasteiger partial charge < -0.3 is 10.2 Å². The number of piperidine rings is 1. The lowest BCUT2D eigenvalue weighted by Crippen LogP contribution is -2.41. The Morgan fingerprint density at radius 3 is 2.45 bits per heavy atom. The number of benzene rings is 2. The molecule has 1 saturated heterocycles. The molecular formula is C27H29N5O. The van der Waals surface area contributed by atoms with Crippen LogP contribution in [0.25, 0.3) is 16.9 Å². The van der Waals surface area contributed by atoms with Gasteiger partial charge in [-0.05, 0) is 32.3 Å². The van der Waals surface area contributed by atoms with Crippen LogP contribution in [0.4, 0.5) is 5.82 Å². The molecule has 6 heteroatoms. The molecule has 2 aromatic carbocycles. The van der Waals surface area contributed by atoms with Crippen molar-refractivity contribution in [2.45, 2.75) is 33.2 Å². The van der Waals surface area contributed by atoms with Crippen molar-refractivity contribution in [1.82, 2.24) is 19.9 Å². The first-order valence-electron chi connectivity index (χ1n) is 11.6. The minimum Gasteiger partial charge on any atom is -0.356 e. The van der Waals surface area contributed by atoms with Gasteiger partial charge >= 0.3 is 0 Å². The van der Waals surface area contributed by atoms with E-state index in [1.807, 2.05) is 35.7 Å². The number of hydrogen-bond donors (Lipinski definition) is 1. The first-order valence-corrected chi connectivity index (χ1v) is 11.6. The molecule has 0 aliphatic carbocycles. The van der Waals surface area contributed by atoms with Crippen LogP contribution in [0.1, 0.15) is 29.7 Å². The summed E-state index contributed by atoms with van der Waals surface area (Å²) >= 11 is 0. The highest BCUT2D eigenvalue weighted by Crippen LogP contribution is 2.27. The van der Waals surface area contributed by atoms with Crippen molar-refractivity contribution in [2.75, 3.05) is 18.0 Å². The van der Waals surface area contributed by atoms with Gasteiger partial charge in [0.15, 0.2) is 5.65 Å². The summed E-state index contributed by atoms with van der Waals surface area (Å²) in [6, 6.07) is 22.6. The van der Waals surface area contributed by atoms with E-state index in [2.05, 4.69) is 64.6 Å². The summed E-state index contributed by atoms with van der Waals surface area (Å²) in [5.74, 6) is 1.23. The molecule has 4 aromatic rings. The van der Waals surface area contributed by atoms with Crippen LogP contribution in [0, 0.1) is 19.8 Å². The standard InChI is InChI=1S/C27H29N5O/c1-19-8-10-21(11-9-19)18-28-27(33)23-12-14-31(15-13-23)26-16-20(2)29-25-17-24(30-32(25)26)22-6-4-3-5-7-22/h3-11,16-17,23H,12-15,18H2,1-2H3,(H,28,33). The molecule has 0 spiro atoms. The van der Waals surface area contributed by atoms with Gasteiger partial charge in [0, 0.05) is 48.9 Å². The highest BCUT2D eigenvalue weighted by atomic mass is 16.1. The smallest absolute Gasteiger partial charge is 0.223 e. The summed E-state index contributed by atoms with van der Waals surface area (Å²) in [6.07, 6.45) is 1.66. The van der Waals surface area contributed by atoms with Crippen LogP contribution in [-0.2, 0) is 11.3 Å². The van der Waals surface area contributed by atoms with Crippen molar-refractivity contribution in [1.29, 1.82) is 0 Å². The summed E-state index contributed by atoms with van der Waals surface area (Å²) < 4.78 is 1.94. The van der Waals surface area contributed by atoms with Gasteiger partial charge in [-0.1, -0.05) is 60.2 Å². The number of fused-ring (bicyclic) bond motifs is 1. The fourth-order valence-electron chi connectivity index (χ4n) is 4.47. The second-order valence-corrected chi connectivity index (χ2v) is 8.89. The number of aryl methyl sites for hydroxylation is 2. The highest BCUT2D eigenvalue weighted by molar-refractivity contribution is 5.79. The molecule has 6 nitrogen and oxygen atoms in total. The van der Waals surface area contributed by atoms with E-state index >= 15 is 0 Å². The maximum atomic E-state index is 12.8. The number of aromatic nitrogens is 3. The minimum absolute atomic E-state index is 0.0441. The molecular weight excluding hydrogens is 410 g/mol. The Balaban J connectivity index is 1.27. The fraction of sp³-hybridized carbons (Fsp3) is 0.296. The van der Waals surface area contributed by atoms with E-state index in [0.29, 0.717) is 6.54 Å². The summed E-state index contributed by atoms with van der Waals surface area (Å²) in [5, 5.41) is 7.97. The average Bonchev–Trinajstić information content (AvgIpc) is 3.28. The van der Waals surface area contributed by atoms with Crippen LogP contribution < -0.4 is 10.2 Å². The molecule has 0 radical (unpaired) electrons. The Hall–Kier alpha value is -3.67. The van der Waals surface area contributed by atoms with Crippen molar-refractivity contribution in [3.8, 4) is 11.3 Å². The van der Waals surface area contributed by atoms with Gasteiger partial charge in [-0.2, -0.15) is 9.61 Å². The number of rotatable bonds is 5. The van der Waals surface area contributed by atoms with E-state index in [0.717, 1.165) is 59.9 Å². The largest absolute Gasteiger partial charge is 0.356 e. The number of nitrogens with zero attached hydrogens (tertiary/aromatic N) is 4. The van der Waals surface area contributed by atoms with Gasteiger partial charge in [0.2, 0.25) is 5.91 Å². The van der Waals surface area contributed by atoms with E-state index in [-0.39, 0.29) is 11.8 Å². The third kappa shape index (κ3) is 4.60. The monoisotopic (exact) mass is 439 g/mol. The van der Waals surface area contributed by atoms with Gasteiger partial charge in [-0.3, -0.25) is 4.79 Å². The zero-order chi connectivity index (χ0) is 22.8. The second-order valence-electron chi connectivity index (χ2n) is 8.89. The average molecular weight is 440 g/mol. The molecule has 168 valence electrons. The van der Waals surface area contributed by atoms with Crippen LogP contribution in [0.2, 0.25) is 0 Å². The minimum atomic E-state index is 0.0441. The fourth-order valence-corrected chi connectivity index (χ4v) is 4.47. The number of anilines is 1. The first kappa shape index (κ1) is 21.2. The Labute approximate surface area is 194 Å². The van der Waals surface area contributed by atoms with Crippen molar-refractivity contribution in [3.05, 3.63) is 83.6 Å². The number of hydrogen-bond acceptors (Lipinski definition) is 4. The van der Waals surface area contributed by atoms with Crippen molar-refractivity contribution >= 4 is 17.4 Å². The summed E-state index contributed by atoms with van der Waals surface area (Å²) in [6.45, 7) is 6.31. The lowest BCUT2D eigenvalue weighted by molar-refractivity contribution is -0.125. The van der Waals surface area contributed by atoms with Gasteiger partial charge in [0.25, 0.3) is 0 Å². The maximum absolute atomic E-state index is 12.8. The van der Waals surface area contributed by atoms with Crippen LogP contribution in [0.3, 0.4) is 0 Å². The lowest BCUT2D eigenvalue weighted by Gasteiger charge is -2.33. The third-order valence-electron chi connectivity index (χ3n) is 6.38. The molecule has 0 unspecified atom stereocenters. The van der Waals surface area contributed by atoms with Gasteiger partial charge in [0.05, 0.1) is 5.69 Å². The quantitative estimate of drug-likeness (QED) is 0.496. The SMILES string of the molecule is Cc1ccc(CNC(=O)C2CCN(c3cc(C)nc4cc(-c5ccccc5)nn34)CC2)cc1. The molecule has 0 atom stereocenters. The van der Waals surface area contributed by atoms with Gasteiger partial charge in [-0.25, -0.2) is 4.98 Å². The summed E-state index contributed by atoms with van der Waals surface area (Å²) in [5.41, 5.74) is 6.17. The topological polar surface area (TPSA) is 62.5 Å². The molecule has 1 aliphatic rings. The molecule has 5 rings (SSSR count). The Morgan fingerprint density at radius 2 is 1.73 bits per heavy atom. The molecule has 1 aliphatic heterocycles. The lowest BCUT2D eigenvalue weighted by atomic mass is 9.95. The number of amides is 1. The van der Waals surface area contributed by atoms with Gasteiger partial charge in [0.1, 0.15) is 5.82 Å². The van der Waals surface area contributed by atoms with E-state index in [1.54, 1.807) is 0 Å². The Kier molecular flexibility index (Phi) is 5.82. The Morgan fingerprint density at radius 1 is 1.00 bits per heavy atom. The molecule has 3 heterocycles. The van der Waals surface area contributed by atoms with Crippen molar-refractivity contribution in [3.63, 3.8) is 0 Å². The van der Waals surface area contributed by atoms with Crippen LogP contribution in [0.15, 0.2) is 66.7 Å². The summed E-state index contributed by atoms with van der Waals surface area (Å²) in [4.78, 5) is 19.8. The predicted octanol–water partition coefficient (Wildman–Crippen LogP) is 4.55. The van der Waals surface area contributed by atoms with E-state index < -0.39 is 0 Å². The van der Waals surface area contributed by atoms with E-state index in [9.17, 15) is 4.79 Å². The zero-order valence-corrected chi connectivity index (χ0v) is 19.2. The second kappa shape index (κ2) is 9.06. The van der Waals surface area contributed by atoms with Crippen molar-refractivity contribution < 1.29 is 4.79 Å². The number of nitrogens with one attached hydrogen (secondary N) is 1. The van der Waals surface area contributed by atoms with Gasteiger partial charge in [-0.15, -0.1) is 0 Å². The zero-order valence-electron chi connectivity index (χ0n) is 19.2. The molecule has 1 fully saturated rings. The predicted molar refractivity (Wildman–Crippen MR) is 131 cm³/mol. The van der Waals surface area contributed by atoms with Crippen LogP contribution >= 0.6 is 0 Å². The van der Waals surface area contributed by atoms with Crippen molar-refractivity contribution in [2.24, 2.45) is 5.92 Å². The van der Waals surface area contributed by atoms with Crippen LogP contribution in [0.5, 0.6) is 0 Å². The summed E-state index contributed by atoms with van der Waals surface area (Å²) in [7, 11) is 0. The normalized spacial score (nSPS) is 14.5. The van der Waals surface area contributed by atoms with Crippen LogP contribution in [-0.4, -0.2) is 33.6 Å². The molecule has 2 aromatic heterocycles. The van der Waals surface area contributed by atoms with E-state index in [1.165, 1.54) is 5.56 Å². The molecule has 0 bridgehead atoms. The molecule has 1 amide bonds. The number of carbonyl (C=O) groups is 1. The molecule has 1 N–H and O–H groups in total. The third-order valence-corrected chi connectivity index (χ3v) is 6.38. The Bertz CT molecular complexity index is 1260. The molecule has 33 heavy (non-hydrogen) atoms. The first-order chi connectivity index (χ1) is 16.1. The van der Waals surface area contributed by atoms with E-state index in [4.69, 9.17) is 5.10 Å².